The van der Waals surface area contributed by atoms with Crippen molar-refractivity contribution in [3.63, 3.8) is 0 Å². The maximum absolute atomic E-state index is 12.5. The van der Waals surface area contributed by atoms with E-state index >= 15 is 0 Å². The van der Waals surface area contributed by atoms with Crippen molar-refractivity contribution in [2.75, 3.05) is 12.4 Å². The van der Waals surface area contributed by atoms with E-state index in [2.05, 4.69) is 36.2 Å². The molecule has 3 rings (SSSR count). The highest BCUT2D eigenvalue weighted by Crippen LogP contribution is 2.37. The summed E-state index contributed by atoms with van der Waals surface area (Å²) in [5, 5.41) is 3.28. The number of aryl methyl sites for hydroxylation is 1. The molecule has 27 heavy (non-hydrogen) atoms. The number of ether oxygens (including phenoxy) is 1. The molecule has 0 bridgehead atoms. The number of methoxy groups -OCH3 is 1. The molecule has 0 atom stereocenters. The van der Waals surface area contributed by atoms with E-state index in [9.17, 15) is 13.2 Å². The van der Waals surface area contributed by atoms with Gasteiger partial charge in [-0.05, 0) is 33.6 Å². The Labute approximate surface area is 169 Å². The van der Waals surface area contributed by atoms with Crippen LogP contribution in [0.25, 0.3) is 11.2 Å². The topological polar surface area (TPSA) is 64.9 Å². The van der Waals surface area contributed by atoms with Gasteiger partial charge in [-0.1, -0.05) is 11.6 Å². The molecule has 0 aliphatic heterocycles. The zero-order chi connectivity index (χ0) is 19.8. The predicted octanol–water partition coefficient (Wildman–Crippen LogP) is 5.60. The van der Waals surface area contributed by atoms with Crippen LogP contribution in [0.2, 0.25) is 10.3 Å². The molecule has 12 heteroatoms. The summed E-state index contributed by atoms with van der Waals surface area (Å²) in [6.45, 7) is -0.326. The van der Waals surface area contributed by atoms with Crippen molar-refractivity contribution in [1.29, 1.82) is 0 Å². The monoisotopic (exact) mass is 483 g/mol. The molecule has 3 aromatic rings. The molecular weight excluding hydrogens is 474 g/mol. The van der Waals surface area contributed by atoms with E-state index < -0.39 is 12.6 Å². The van der Waals surface area contributed by atoms with Gasteiger partial charge in [0.1, 0.15) is 5.75 Å². The fourth-order valence-corrected chi connectivity index (χ4v) is 3.13. The van der Waals surface area contributed by atoms with Crippen molar-refractivity contribution in [1.82, 2.24) is 19.5 Å². The fourth-order valence-electron chi connectivity index (χ4n) is 2.34. The van der Waals surface area contributed by atoms with E-state index in [1.54, 1.807) is 12.1 Å². The largest absolute Gasteiger partial charge is 0.495 e. The Morgan fingerprint density at radius 3 is 2.67 bits per heavy atom. The van der Waals surface area contributed by atoms with Gasteiger partial charge in [0.15, 0.2) is 17.0 Å². The van der Waals surface area contributed by atoms with Gasteiger partial charge in [0, 0.05) is 22.8 Å². The minimum atomic E-state index is -4.29. The average molecular weight is 485 g/mol. The maximum Gasteiger partial charge on any atom is 0.390 e. The Hall–Kier alpha value is -1.78. The van der Waals surface area contributed by atoms with E-state index in [4.69, 9.17) is 27.9 Å². The number of benzene rings is 1. The molecule has 0 saturated heterocycles. The number of nitrogens with one attached hydrogen (secondary N) is 1. The molecule has 0 aliphatic rings. The number of aromatic nitrogens is 4. The second-order valence-corrected chi connectivity index (χ2v) is 6.99. The summed E-state index contributed by atoms with van der Waals surface area (Å²) in [6.07, 6.45) is -4.03. The van der Waals surface area contributed by atoms with Crippen LogP contribution in [0.15, 0.2) is 22.9 Å². The smallest absolute Gasteiger partial charge is 0.390 e. The lowest BCUT2D eigenvalue weighted by Gasteiger charge is -2.11. The summed E-state index contributed by atoms with van der Waals surface area (Å²) < 4.78 is 44.6. The quantitative estimate of drug-likeness (QED) is 0.477. The summed E-state index contributed by atoms with van der Waals surface area (Å²) in [6, 6.07) is 3.32. The van der Waals surface area contributed by atoms with Crippen LogP contribution in [0.1, 0.15) is 6.42 Å². The number of fused-ring (bicyclic) bond motifs is 1. The summed E-state index contributed by atoms with van der Waals surface area (Å²) >= 11 is 15.4. The summed E-state index contributed by atoms with van der Waals surface area (Å²) in [5.74, 6) is 0.660. The Balaban J connectivity index is 1.98. The lowest BCUT2D eigenvalue weighted by Crippen LogP contribution is -2.12. The van der Waals surface area contributed by atoms with Gasteiger partial charge in [0.25, 0.3) is 0 Å². The maximum atomic E-state index is 12.5. The Morgan fingerprint density at radius 2 is 2.00 bits per heavy atom. The number of hydrogen-bond acceptors (Lipinski definition) is 5. The lowest BCUT2D eigenvalue weighted by molar-refractivity contribution is -0.136. The molecule has 0 aliphatic carbocycles. The highest BCUT2D eigenvalue weighted by atomic mass is 79.9. The molecule has 2 heterocycles. The molecule has 2 aromatic heterocycles. The first kappa shape index (κ1) is 20.0. The van der Waals surface area contributed by atoms with E-state index in [-0.39, 0.29) is 28.8 Å². The highest BCUT2D eigenvalue weighted by Gasteiger charge is 2.27. The van der Waals surface area contributed by atoms with Gasteiger partial charge in [-0.15, -0.1) is 0 Å². The van der Waals surface area contributed by atoms with Crippen molar-refractivity contribution >= 4 is 61.8 Å². The van der Waals surface area contributed by atoms with Crippen LogP contribution in [-0.4, -0.2) is 32.8 Å². The third kappa shape index (κ3) is 4.56. The van der Waals surface area contributed by atoms with Gasteiger partial charge in [0.05, 0.1) is 24.9 Å². The number of hydrogen-bond donors (Lipinski definition) is 1. The number of alkyl halides is 3. The normalized spacial score (nSPS) is 11.8. The van der Waals surface area contributed by atoms with E-state index in [1.807, 2.05) is 0 Å². The molecule has 0 amide bonds. The number of nitrogens with zero attached hydrogens (tertiary/aromatic N) is 4. The fraction of sp³-hybridized carbons (Fsp3) is 0.267. The molecule has 0 fully saturated rings. The zero-order valence-corrected chi connectivity index (χ0v) is 16.7. The molecule has 0 saturated carbocycles. The molecule has 6 nitrogen and oxygen atoms in total. The number of imidazole rings is 1. The number of anilines is 2. The van der Waals surface area contributed by atoms with E-state index in [0.29, 0.717) is 20.9 Å². The zero-order valence-electron chi connectivity index (χ0n) is 13.6. The van der Waals surface area contributed by atoms with Gasteiger partial charge >= 0.3 is 6.18 Å². The Bertz CT molecular complexity index is 996. The molecule has 0 spiro atoms. The summed E-state index contributed by atoms with van der Waals surface area (Å²) in [5.41, 5.74) is 1.04. The van der Waals surface area contributed by atoms with Crippen LogP contribution < -0.4 is 10.1 Å². The minimum Gasteiger partial charge on any atom is -0.495 e. The van der Waals surface area contributed by atoms with Gasteiger partial charge in [-0.3, -0.25) is 0 Å². The number of halogens is 6. The highest BCUT2D eigenvalue weighted by molar-refractivity contribution is 9.10. The van der Waals surface area contributed by atoms with E-state index in [0.717, 1.165) is 0 Å². The Morgan fingerprint density at radius 1 is 1.26 bits per heavy atom. The molecule has 1 aromatic carbocycles. The average Bonchev–Trinajstić information content (AvgIpc) is 2.98. The molecule has 0 radical (unpaired) electrons. The van der Waals surface area contributed by atoms with Crippen molar-refractivity contribution < 1.29 is 17.9 Å². The first-order valence-corrected chi connectivity index (χ1v) is 8.98. The van der Waals surface area contributed by atoms with Crippen LogP contribution in [0.5, 0.6) is 5.75 Å². The predicted molar refractivity (Wildman–Crippen MR) is 100.0 cm³/mol. The van der Waals surface area contributed by atoms with Crippen LogP contribution in [0, 0.1) is 0 Å². The number of rotatable bonds is 5. The van der Waals surface area contributed by atoms with Crippen LogP contribution in [0.3, 0.4) is 0 Å². The van der Waals surface area contributed by atoms with Crippen molar-refractivity contribution in [2.45, 2.75) is 19.1 Å². The summed E-state index contributed by atoms with van der Waals surface area (Å²) in [4.78, 5) is 12.2. The standard InChI is InChI=1S/C15H11BrCl2F3N5O/c1-27-9-5-7(4-8(16)10(9)17)23-12-11-13(25-14(18)24-12)26(6-22-11)3-2-15(19,20)21/h4-6H,2-3H2,1H3,(H,23,24,25). The first-order valence-electron chi connectivity index (χ1n) is 7.43. The molecule has 0 unspecified atom stereocenters. The third-order valence-corrected chi connectivity index (χ3v) is 4.96. The van der Waals surface area contributed by atoms with Crippen molar-refractivity contribution in [3.05, 3.63) is 33.2 Å². The molecule has 144 valence electrons. The van der Waals surface area contributed by atoms with E-state index in [1.165, 1.54) is 18.0 Å². The first-order chi connectivity index (χ1) is 12.7. The van der Waals surface area contributed by atoms with Crippen molar-refractivity contribution in [2.24, 2.45) is 0 Å². The third-order valence-electron chi connectivity index (χ3n) is 3.55. The van der Waals surface area contributed by atoms with Gasteiger partial charge < -0.3 is 14.6 Å². The molecule has 1 N–H and O–H groups in total. The van der Waals surface area contributed by atoms with Crippen LogP contribution in [-0.2, 0) is 6.54 Å². The van der Waals surface area contributed by atoms with Crippen LogP contribution in [0.4, 0.5) is 24.7 Å². The minimum absolute atomic E-state index is 0.126. The van der Waals surface area contributed by atoms with Gasteiger partial charge in [-0.25, -0.2) is 4.98 Å². The lowest BCUT2D eigenvalue weighted by atomic mass is 10.3. The SMILES string of the molecule is COc1cc(Nc2nc(Cl)nc3c2ncn3CCC(F)(F)F)cc(Br)c1Cl. The molecular formula is C15H11BrCl2F3N5O. The second kappa shape index (κ2) is 7.69. The Kier molecular flexibility index (Phi) is 5.68. The van der Waals surface area contributed by atoms with Gasteiger partial charge in [-0.2, -0.15) is 23.1 Å². The second-order valence-electron chi connectivity index (χ2n) is 5.42. The van der Waals surface area contributed by atoms with Crippen molar-refractivity contribution in [3.8, 4) is 5.75 Å². The van der Waals surface area contributed by atoms with Gasteiger partial charge in [0.2, 0.25) is 5.28 Å². The van der Waals surface area contributed by atoms with Crippen LogP contribution >= 0.6 is 39.1 Å². The summed E-state index contributed by atoms with van der Waals surface area (Å²) in [7, 11) is 1.47.